The second-order valence-corrected chi connectivity index (χ2v) is 12.8. The Morgan fingerprint density at radius 3 is 2.46 bits per heavy atom. The van der Waals surface area contributed by atoms with Gasteiger partial charge in [0.15, 0.2) is 0 Å². The fraction of sp³-hybridized carbons (Fsp3) is 0.759. The van der Waals surface area contributed by atoms with Gasteiger partial charge < -0.3 is 15.4 Å². The highest BCUT2D eigenvalue weighted by Crippen LogP contribution is 2.65. The summed E-state index contributed by atoms with van der Waals surface area (Å²) in [6.07, 6.45) is 12.8. The quantitative estimate of drug-likeness (QED) is 0.603. The number of carbonyl (C=O) groups is 3. The first-order valence-electron chi connectivity index (χ1n) is 13.6. The number of nitrogens with one attached hydrogen (secondary N) is 2. The van der Waals surface area contributed by atoms with Crippen molar-refractivity contribution in [3.63, 3.8) is 0 Å². The van der Waals surface area contributed by atoms with Crippen LogP contribution in [-0.4, -0.2) is 29.7 Å². The molecule has 0 aromatic rings. The maximum Gasteiger partial charge on any atom is 0.221 e. The van der Waals surface area contributed by atoms with E-state index >= 15 is 0 Å². The maximum atomic E-state index is 12.7. The molecule has 3 saturated carbocycles. The summed E-state index contributed by atoms with van der Waals surface area (Å²) in [6, 6.07) is 0.324. The molecule has 0 aromatic carbocycles. The Bertz CT molecular complexity index is 1000. The Kier molecular flexibility index (Phi) is 5.96. The second kappa shape index (κ2) is 8.48. The summed E-state index contributed by atoms with van der Waals surface area (Å²) in [6.45, 7) is 9.96. The van der Waals surface area contributed by atoms with E-state index in [1.54, 1.807) is 6.92 Å². The molecule has 0 radical (unpaired) electrons. The van der Waals surface area contributed by atoms with Crippen molar-refractivity contribution in [3.8, 4) is 0 Å². The molecule has 2 N–H and O–H groups in total. The Morgan fingerprint density at radius 1 is 1.00 bits per heavy atom. The number of ketones is 1. The zero-order valence-corrected chi connectivity index (χ0v) is 22.0. The largest absolute Gasteiger partial charge is 0.493 e. The second-order valence-electron chi connectivity index (χ2n) is 12.8. The Labute approximate surface area is 209 Å². The van der Waals surface area contributed by atoms with E-state index in [4.69, 9.17) is 4.74 Å². The van der Waals surface area contributed by atoms with Gasteiger partial charge in [-0.2, -0.15) is 0 Å². The lowest BCUT2D eigenvalue weighted by Crippen LogP contribution is -2.61. The van der Waals surface area contributed by atoms with Gasteiger partial charge in [0.05, 0.1) is 5.41 Å². The van der Waals surface area contributed by atoms with E-state index in [1.807, 2.05) is 19.1 Å². The molecule has 8 atom stereocenters. The summed E-state index contributed by atoms with van der Waals surface area (Å²) in [5, 5.41) is 6.20. The molecule has 2 unspecified atom stereocenters. The Morgan fingerprint density at radius 2 is 1.74 bits per heavy atom. The van der Waals surface area contributed by atoms with Crippen molar-refractivity contribution in [2.75, 3.05) is 0 Å². The van der Waals surface area contributed by atoms with Gasteiger partial charge in [-0.05, 0) is 88.4 Å². The molecule has 0 aromatic heterocycles. The van der Waals surface area contributed by atoms with Gasteiger partial charge in [0.25, 0.3) is 0 Å². The van der Waals surface area contributed by atoms with Crippen LogP contribution in [0.1, 0.15) is 92.4 Å². The van der Waals surface area contributed by atoms with Gasteiger partial charge in [0.2, 0.25) is 11.8 Å². The predicted molar refractivity (Wildman–Crippen MR) is 134 cm³/mol. The summed E-state index contributed by atoms with van der Waals surface area (Å²) in [4.78, 5) is 36.5. The van der Waals surface area contributed by atoms with Crippen molar-refractivity contribution >= 4 is 17.6 Å². The molecule has 5 rings (SSSR count). The number of piperidine rings is 1. The van der Waals surface area contributed by atoms with Crippen molar-refractivity contribution in [2.45, 2.75) is 105 Å². The van der Waals surface area contributed by atoms with E-state index < -0.39 is 5.41 Å². The number of fused-ring (bicyclic) bond motifs is 5. The molecule has 1 aliphatic heterocycles. The minimum atomic E-state index is -0.695. The molecule has 0 bridgehead atoms. The van der Waals surface area contributed by atoms with Gasteiger partial charge in [0, 0.05) is 36.6 Å². The molecule has 5 aliphatic rings. The summed E-state index contributed by atoms with van der Waals surface area (Å²) in [7, 11) is 0. The molecular weight excluding hydrogens is 440 g/mol. The lowest BCUT2D eigenvalue weighted by Gasteiger charge is -2.60. The third kappa shape index (κ3) is 3.86. The first-order valence-corrected chi connectivity index (χ1v) is 13.6. The number of ether oxygens (including phenoxy) is 1. The number of hydrogen-bond donors (Lipinski definition) is 2. The third-order valence-corrected chi connectivity index (χ3v) is 10.9. The van der Waals surface area contributed by atoms with Crippen molar-refractivity contribution in [1.29, 1.82) is 0 Å². The zero-order chi connectivity index (χ0) is 25.2. The average Bonchev–Trinajstić information content (AvgIpc) is 3.12. The highest BCUT2D eigenvalue weighted by Gasteiger charge is 2.61. The molecule has 192 valence electrons. The molecule has 6 heteroatoms. The molecule has 1 heterocycles. The van der Waals surface area contributed by atoms with E-state index in [9.17, 15) is 14.4 Å². The van der Waals surface area contributed by atoms with Crippen molar-refractivity contribution < 1.29 is 19.1 Å². The normalized spacial score (nSPS) is 44.6. The highest BCUT2D eigenvalue weighted by molar-refractivity contribution is 5.86. The summed E-state index contributed by atoms with van der Waals surface area (Å²) in [5.41, 5.74) is 0.310. The molecule has 6 nitrogen and oxygen atoms in total. The van der Waals surface area contributed by atoms with Gasteiger partial charge in [-0.25, -0.2) is 0 Å². The zero-order valence-electron chi connectivity index (χ0n) is 22.0. The van der Waals surface area contributed by atoms with Crippen molar-refractivity contribution in [1.82, 2.24) is 10.6 Å². The SMILES string of the molecule is CC(=O)NC1=CCC(C)(C(C)=O)C(O[C@H]2CC[C@H]3[C@@H]4CCC5NC(=O)CC[C@]5(C)[C@H]4CC[C@]23C)=C1. The monoisotopic (exact) mass is 482 g/mol. The van der Waals surface area contributed by atoms with Crippen LogP contribution >= 0.6 is 0 Å². The minimum Gasteiger partial charge on any atom is -0.493 e. The predicted octanol–water partition coefficient (Wildman–Crippen LogP) is 4.80. The average molecular weight is 483 g/mol. The first kappa shape index (κ1) is 24.6. The van der Waals surface area contributed by atoms with Crippen LogP contribution in [0.15, 0.2) is 23.6 Å². The minimum absolute atomic E-state index is 0.0756. The number of allylic oxidation sites excluding steroid dienone is 3. The number of rotatable bonds is 4. The van der Waals surface area contributed by atoms with Crippen LogP contribution in [0.3, 0.4) is 0 Å². The van der Waals surface area contributed by atoms with Crippen molar-refractivity contribution in [2.24, 2.45) is 34.0 Å². The standard InChI is InChI=1S/C29H42N2O4/c1-17(32)27(3)13-10-19(30-18(2)33)16-25(27)35-24-9-7-21-20-6-8-23-28(4,15-12-26(34)31-23)22(20)11-14-29(21,24)5/h10,16,20-24H,6-9,11-15H2,1-5H3,(H,30,33)(H,31,34)/t20-,21-,22-,23?,24-,27?,28+,29-/m0/s1. The van der Waals surface area contributed by atoms with Crippen LogP contribution < -0.4 is 10.6 Å². The number of carbonyl (C=O) groups excluding carboxylic acids is 3. The number of hydrogen-bond acceptors (Lipinski definition) is 4. The smallest absolute Gasteiger partial charge is 0.221 e. The number of amides is 2. The van der Waals surface area contributed by atoms with Crippen LogP contribution in [0.5, 0.6) is 0 Å². The molecule has 35 heavy (non-hydrogen) atoms. The Hall–Kier alpha value is -2.11. The van der Waals surface area contributed by atoms with Gasteiger partial charge in [-0.1, -0.05) is 19.9 Å². The first-order chi connectivity index (χ1) is 16.5. The lowest BCUT2D eigenvalue weighted by atomic mass is 9.47. The molecular formula is C29H42N2O4. The van der Waals surface area contributed by atoms with E-state index in [2.05, 4.69) is 24.5 Å². The summed E-state index contributed by atoms with van der Waals surface area (Å²) < 4.78 is 6.83. The molecule has 1 saturated heterocycles. The van der Waals surface area contributed by atoms with Gasteiger partial charge in [-0.15, -0.1) is 0 Å². The molecule has 0 spiro atoms. The maximum absolute atomic E-state index is 12.7. The fourth-order valence-corrected chi connectivity index (χ4v) is 8.55. The van der Waals surface area contributed by atoms with E-state index in [0.717, 1.165) is 37.8 Å². The lowest BCUT2D eigenvalue weighted by molar-refractivity contribution is -0.140. The topological polar surface area (TPSA) is 84.5 Å². The summed E-state index contributed by atoms with van der Waals surface area (Å²) in [5.74, 6) is 2.85. The van der Waals surface area contributed by atoms with Crippen molar-refractivity contribution in [3.05, 3.63) is 23.6 Å². The van der Waals surface area contributed by atoms with Gasteiger partial charge in [-0.3, -0.25) is 14.4 Å². The third-order valence-electron chi connectivity index (χ3n) is 10.9. The van der Waals surface area contributed by atoms with E-state index in [-0.39, 0.29) is 34.5 Å². The Balaban J connectivity index is 1.38. The van der Waals surface area contributed by atoms with Crippen LogP contribution in [0, 0.1) is 34.0 Å². The van der Waals surface area contributed by atoms with Gasteiger partial charge >= 0.3 is 0 Å². The van der Waals surface area contributed by atoms with Gasteiger partial charge in [0.1, 0.15) is 17.6 Å². The fourth-order valence-electron chi connectivity index (χ4n) is 8.55. The van der Waals surface area contributed by atoms with E-state index in [0.29, 0.717) is 42.4 Å². The van der Waals surface area contributed by atoms with Crippen LogP contribution in [0.4, 0.5) is 0 Å². The highest BCUT2D eigenvalue weighted by atomic mass is 16.5. The molecule has 4 fully saturated rings. The summed E-state index contributed by atoms with van der Waals surface area (Å²) >= 11 is 0. The van der Waals surface area contributed by atoms with Crippen LogP contribution in [0.2, 0.25) is 0 Å². The number of Topliss-reactive ketones (excluding diaryl/α,β-unsaturated/α-hetero) is 1. The van der Waals surface area contributed by atoms with Crippen LogP contribution in [-0.2, 0) is 19.1 Å². The van der Waals surface area contributed by atoms with Crippen LogP contribution in [0.25, 0.3) is 0 Å². The molecule has 4 aliphatic carbocycles. The molecule has 2 amide bonds. The van der Waals surface area contributed by atoms with E-state index in [1.165, 1.54) is 19.8 Å².